The van der Waals surface area contributed by atoms with Crippen molar-refractivity contribution in [2.24, 2.45) is 0 Å². The van der Waals surface area contributed by atoms with Crippen molar-refractivity contribution in [1.29, 1.82) is 15.8 Å². The van der Waals surface area contributed by atoms with Gasteiger partial charge in [-0.25, -0.2) is 0 Å². The lowest BCUT2D eigenvalue weighted by molar-refractivity contribution is 0.0954. The summed E-state index contributed by atoms with van der Waals surface area (Å²) in [6.45, 7) is 15.1. The number of rotatable bonds is 27. The lowest BCUT2D eigenvalue weighted by Crippen LogP contribution is -2.29. The second-order valence-electron chi connectivity index (χ2n) is 15.3. The van der Waals surface area contributed by atoms with Gasteiger partial charge < -0.3 is 38.8 Å². The number of aliphatic hydroxyl groups is 2. The first kappa shape index (κ1) is 50.2. The van der Waals surface area contributed by atoms with Gasteiger partial charge in [0, 0.05) is 24.4 Å². The van der Waals surface area contributed by atoms with E-state index in [0.29, 0.717) is 68.1 Å². The van der Waals surface area contributed by atoms with E-state index in [2.05, 4.69) is 52.0 Å². The zero-order chi connectivity index (χ0) is 45.6. The molecule has 3 heterocycles. The molecular weight excluding hydrogens is 833 g/mol. The van der Waals surface area contributed by atoms with Gasteiger partial charge in [0.25, 0.3) is 0 Å². The van der Waals surface area contributed by atoms with Crippen molar-refractivity contribution in [3.63, 3.8) is 0 Å². The Hall–Kier alpha value is -5.49. The zero-order valence-electron chi connectivity index (χ0n) is 37.6. The Morgan fingerprint density at radius 2 is 1.03 bits per heavy atom. The lowest BCUT2D eigenvalue weighted by Gasteiger charge is -2.22. The van der Waals surface area contributed by atoms with Crippen LogP contribution in [0.1, 0.15) is 118 Å². The topological polar surface area (TPSA) is 161 Å². The summed E-state index contributed by atoms with van der Waals surface area (Å²) in [7, 11) is 0. The van der Waals surface area contributed by atoms with Gasteiger partial charge in [-0.05, 0) is 81.5 Å². The highest BCUT2D eigenvalue weighted by Gasteiger charge is 2.39. The summed E-state index contributed by atoms with van der Waals surface area (Å²) < 4.78 is 32.1. The van der Waals surface area contributed by atoms with Crippen LogP contribution in [0.2, 0.25) is 0 Å². The molecular formula is C50H62N4O7S2. The first-order chi connectivity index (χ1) is 30.6. The van der Waals surface area contributed by atoms with E-state index >= 15 is 0 Å². The standard InChI is InChI=1S/C50H62N4O7S2/c1-7-11-29-57-46-41(21-17-36-15-18-38(19-16-36)54(25-27-55)26-28-56)62-43(48(46)59-31-13-9-3)23-24-44-49(60-32-14-10-4)47(58-30-12-8-2)42(63-44)22-20-40-39(35-53)45(37(33-51)34-52)61-50(40,5)6/h15-24,55-56H,7-14,25-32H2,1-6H3/b21-17+,22-20+,24-23+. The van der Waals surface area contributed by atoms with Gasteiger partial charge in [0.15, 0.2) is 34.3 Å². The second-order valence-corrected chi connectivity index (χ2v) is 17.4. The monoisotopic (exact) mass is 894 g/mol. The number of ether oxygens (including phenoxy) is 5. The summed E-state index contributed by atoms with van der Waals surface area (Å²) in [6.07, 6.45) is 19.3. The maximum absolute atomic E-state index is 10.2. The van der Waals surface area contributed by atoms with Crippen LogP contribution < -0.4 is 23.8 Å². The van der Waals surface area contributed by atoms with Crippen LogP contribution in [-0.2, 0) is 4.74 Å². The molecule has 336 valence electrons. The Bertz CT molecular complexity index is 2200. The molecule has 13 heteroatoms. The average Bonchev–Trinajstić information content (AvgIpc) is 3.88. The van der Waals surface area contributed by atoms with Crippen LogP contribution in [0.4, 0.5) is 5.69 Å². The van der Waals surface area contributed by atoms with Crippen LogP contribution in [0.25, 0.3) is 30.4 Å². The third-order valence-electron chi connectivity index (χ3n) is 10.0. The molecule has 0 unspecified atom stereocenters. The number of benzene rings is 1. The summed E-state index contributed by atoms with van der Waals surface area (Å²) in [5.74, 6) is 2.64. The maximum Gasteiger partial charge on any atom is 0.179 e. The van der Waals surface area contributed by atoms with Gasteiger partial charge in [0.2, 0.25) is 0 Å². The van der Waals surface area contributed by atoms with E-state index in [4.69, 9.17) is 23.7 Å². The first-order valence-corrected chi connectivity index (χ1v) is 23.6. The van der Waals surface area contributed by atoms with Crippen LogP contribution in [0.3, 0.4) is 0 Å². The Balaban J connectivity index is 1.86. The van der Waals surface area contributed by atoms with Crippen LogP contribution in [-0.4, -0.2) is 68.5 Å². The van der Waals surface area contributed by atoms with E-state index < -0.39 is 5.60 Å². The number of unbranched alkanes of at least 4 members (excludes halogenated alkanes) is 4. The molecule has 0 amide bonds. The highest BCUT2D eigenvalue weighted by atomic mass is 32.1. The largest absolute Gasteiger partial charge is 0.488 e. The van der Waals surface area contributed by atoms with Gasteiger partial charge in [0.05, 0.1) is 59.1 Å². The SMILES string of the molecule is CCCCOc1c(/C=C/C2=C(C#N)C(=C(C#N)C#N)OC2(C)C)sc(/C=C/c2sc(/C=C/c3ccc(N(CCO)CCO)cc3)c(OCCCC)c2OCCCC)c1OCCCC. The van der Waals surface area contributed by atoms with E-state index in [1.807, 2.05) is 59.5 Å². The van der Waals surface area contributed by atoms with E-state index in [-0.39, 0.29) is 30.1 Å². The highest BCUT2D eigenvalue weighted by molar-refractivity contribution is 7.15. The fourth-order valence-electron chi connectivity index (χ4n) is 6.50. The van der Waals surface area contributed by atoms with Crippen molar-refractivity contribution in [3.05, 3.63) is 77.9 Å². The molecule has 1 aliphatic heterocycles. The predicted octanol–water partition coefficient (Wildman–Crippen LogP) is 11.6. The van der Waals surface area contributed by atoms with Gasteiger partial charge in [-0.3, -0.25) is 0 Å². The third kappa shape index (κ3) is 13.7. The Kier molecular flexibility index (Phi) is 20.9. The van der Waals surface area contributed by atoms with Crippen molar-refractivity contribution in [2.75, 3.05) is 57.6 Å². The lowest BCUT2D eigenvalue weighted by atomic mass is 9.94. The first-order valence-electron chi connectivity index (χ1n) is 22.0. The number of hydrogen-bond donors (Lipinski definition) is 2. The molecule has 2 N–H and O–H groups in total. The minimum absolute atomic E-state index is 0.00173. The molecule has 1 aromatic carbocycles. The number of hydrogen-bond acceptors (Lipinski definition) is 13. The summed E-state index contributed by atoms with van der Waals surface area (Å²) >= 11 is 3.09. The fraction of sp³-hybridized carbons (Fsp3) is 0.460. The van der Waals surface area contributed by atoms with Crippen LogP contribution in [0.5, 0.6) is 23.0 Å². The zero-order valence-corrected chi connectivity index (χ0v) is 39.3. The molecule has 3 aromatic rings. The van der Waals surface area contributed by atoms with Crippen LogP contribution >= 0.6 is 22.7 Å². The highest BCUT2D eigenvalue weighted by Crippen LogP contribution is 2.48. The minimum atomic E-state index is -0.971. The van der Waals surface area contributed by atoms with Crippen molar-refractivity contribution >= 4 is 58.7 Å². The molecule has 0 saturated heterocycles. The second kappa shape index (κ2) is 26.2. The Labute approximate surface area is 382 Å². The van der Waals surface area contributed by atoms with Gasteiger partial charge in [0.1, 0.15) is 29.4 Å². The van der Waals surface area contributed by atoms with Gasteiger partial charge in [-0.1, -0.05) is 77.7 Å². The molecule has 0 bridgehead atoms. The van der Waals surface area contributed by atoms with Crippen molar-refractivity contribution in [3.8, 4) is 41.2 Å². The minimum Gasteiger partial charge on any atom is -0.488 e. The van der Waals surface area contributed by atoms with Gasteiger partial charge >= 0.3 is 0 Å². The number of allylic oxidation sites excluding steroid dienone is 2. The maximum atomic E-state index is 10.2. The molecule has 1 aliphatic rings. The fourth-order valence-corrected chi connectivity index (χ4v) is 8.50. The third-order valence-corrected chi connectivity index (χ3v) is 12.2. The summed E-state index contributed by atoms with van der Waals surface area (Å²) in [5.41, 5.74) is 1.39. The van der Waals surface area contributed by atoms with Crippen LogP contribution in [0, 0.1) is 34.0 Å². The Morgan fingerprint density at radius 1 is 0.635 bits per heavy atom. The number of nitrogens with zero attached hydrogens (tertiary/aromatic N) is 4. The number of aliphatic hydroxyl groups excluding tert-OH is 2. The van der Waals surface area contributed by atoms with E-state index in [9.17, 15) is 26.0 Å². The van der Waals surface area contributed by atoms with Gasteiger partial charge in [-0.15, -0.1) is 22.7 Å². The summed E-state index contributed by atoms with van der Waals surface area (Å²) in [5, 5.41) is 48.4. The molecule has 0 radical (unpaired) electrons. The molecule has 63 heavy (non-hydrogen) atoms. The smallest absolute Gasteiger partial charge is 0.179 e. The van der Waals surface area contributed by atoms with Crippen molar-refractivity contribution < 1.29 is 33.9 Å². The summed E-state index contributed by atoms with van der Waals surface area (Å²) in [6, 6.07) is 13.9. The van der Waals surface area contributed by atoms with Crippen molar-refractivity contribution in [2.45, 2.75) is 98.5 Å². The average molecular weight is 895 g/mol. The molecule has 0 saturated carbocycles. The van der Waals surface area contributed by atoms with Crippen molar-refractivity contribution in [1.82, 2.24) is 0 Å². The predicted molar refractivity (Wildman–Crippen MR) is 256 cm³/mol. The number of nitriles is 3. The quantitative estimate of drug-likeness (QED) is 0.0553. The Morgan fingerprint density at radius 3 is 1.40 bits per heavy atom. The van der Waals surface area contributed by atoms with E-state index in [1.54, 1.807) is 25.2 Å². The molecule has 0 fully saturated rings. The molecule has 2 aromatic heterocycles. The molecule has 11 nitrogen and oxygen atoms in total. The molecule has 0 atom stereocenters. The molecule has 0 aliphatic carbocycles. The van der Waals surface area contributed by atoms with Crippen LogP contribution in [0.15, 0.2) is 52.8 Å². The normalized spacial score (nSPS) is 13.4. The van der Waals surface area contributed by atoms with Gasteiger partial charge in [-0.2, -0.15) is 15.8 Å². The molecule has 0 spiro atoms. The van der Waals surface area contributed by atoms with E-state index in [1.165, 1.54) is 11.3 Å². The van der Waals surface area contributed by atoms with E-state index in [0.717, 1.165) is 82.1 Å². The number of anilines is 1. The molecule has 4 rings (SSSR count). The number of thiophene rings is 2. The summed E-state index contributed by atoms with van der Waals surface area (Å²) in [4.78, 5) is 5.40.